The van der Waals surface area contributed by atoms with Crippen molar-refractivity contribution >= 4 is 17.9 Å². The lowest BCUT2D eigenvalue weighted by atomic mass is 10.0. The summed E-state index contributed by atoms with van der Waals surface area (Å²) in [6.45, 7) is 6.45. The second-order valence-electron chi connectivity index (χ2n) is 23.1. The van der Waals surface area contributed by atoms with Crippen LogP contribution in [0.5, 0.6) is 0 Å². The Hall–Kier alpha value is -3.93. The van der Waals surface area contributed by atoms with Crippen LogP contribution >= 0.6 is 0 Å². The van der Waals surface area contributed by atoms with Crippen molar-refractivity contribution in [1.82, 2.24) is 0 Å². The van der Waals surface area contributed by atoms with Crippen molar-refractivity contribution in [1.29, 1.82) is 0 Å². The van der Waals surface area contributed by atoms with E-state index in [1.54, 1.807) is 6.08 Å². The largest absolute Gasteiger partial charge is 0.462 e. The fourth-order valence-electron chi connectivity index (χ4n) is 9.81. The van der Waals surface area contributed by atoms with E-state index in [9.17, 15) is 14.4 Å². The molecular formula is C76H130O6. The van der Waals surface area contributed by atoms with Crippen LogP contribution in [0.25, 0.3) is 0 Å². The molecule has 0 aromatic rings. The molecular weight excluding hydrogens is 1010 g/mol. The Morgan fingerprint density at radius 1 is 0.268 bits per heavy atom. The predicted molar refractivity (Wildman–Crippen MR) is 357 cm³/mol. The van der Waals surface area contributed by atoms with Crippen LogP contribution in [-0.2, 0) is 28.6 Å². The van der Waals surface area contributed by atoms with Crippen LogP contribution < -0.4 is 0 Å². The minimum absolute atomic E-state index is 0.108. The molecule has 0 N–H and O–H groups in total. The summed E-state index contributed by atoms with van der Waals surface area (Å²) in [7, 11) is 0. The summed E-state index contributed by atoms with van der Waals surface area (Å²) in [5.74, 6) is -1.04. The highest BCUT2D eigenvalue weighted by molar-refractivity contribution is 5.72. The Balaban J connectivity index is 4.30. The van der Waals surface area contributed by atoms with Crippen molar-refractivity contribution in [2.45, 2.75) is 341 Å². The molecule has 1 unspecified atom stereocenters. The first-order valence-corrected chi connectivity index (χ1v) is 34.9. The quantitative estimate of drug-likeness (QED) is 0.0261. The van der Waals surface area contributed by atoms with Gasteiger partial charge in [-0.1, -0.05) is 316 Å². The lowest BCUT2D eigenvalue weighted by Gasteiger charge is -2.18. The molecule has 470 valence electrons. The molecule has 6 nitrogen and oxygen atoms in total. The maximum Gasteiger partial charge on any atom is 0.309 e. The van der Waals surface area contributed by atoms with E-state index in [0.717, 1.165) is 83.5 Å². The number of allylic oxidation sites excluding steroid dienone is 17. The fourth-order valence-corrected chi connectivity index (χ4v) is 9.81. The van der Waals surface area contributed by atoms with Crippen LogP contribution in [0.4, 0.5) is 0 Å². The molecule has 0 amide bonds. The van der Waals surface area contributed by atoms with Crippen LogP contribution in [0.15, 0.2) is 109 Å². The molecule has 0 aliphatic rings. The van der Waals surface area contributed by atoms with Gasteiger partial charge in [-0.05, 0) is 109 Å². The average molecular weight is 1140 g/mol. The van der Waals surface area contributed by atoms with Crippen molar-refractivity contribution in [3.63, 3.8) is 0 Å². The molecule has 0 aromatic carbocycles. The molecule has 0 spiro atoms. The molecule has 0 bridgehead atoms. The van der Waals surface area contributed by atoms with Crippen LogP contribution in [0.2, 0.25) is 0 Å². The zero-order chi connectivity index (χ0) is 59.2. The number of carbonyl (C=O) groups is 3. The maximum atomic E-state index is 12.9. The maximum absolute atomic E-state index is 12.9. The Labute approximate surface area is 508 Å². The predicted octanol–water partition coefficient (Wildman–Crippen LogP) is 24.2. The molecule has 1 atom stereocenters. The van der Waals surface area contributed by atoms with E-state index in [4.69, 9.17) is 14.2 Å². The van der Waals surface area contributed by atoms with Crippen molar-refractivity contribution < 1.29 is 28.6 Å². The van der Waals surface area contributed by atoms with Crippen molar-refractivity contribution in [2.24, 2.45) is 0 Å². The summed E-state index contributed by atoms with van der Waals surface area (Å²) in [6.07, 6.45) is 95.7. The number of rotatable bonds is 63. The molecule has 0 radical (unpaired) electrons. The molecule has 0 rings (SSSR count). The third-order valence-corrected chi connectivity index (χ3v) is 15.0. The summed E-state index contributed by atoms with van der Waals surface area (Å²) in [5.41, 5.74) is 0. The summed E-state index contributed by atoms with van der Waals surface area (Å²) >= 11 is 0. The Morgan fingerprint density at radius 3 is 0.866 bits per heavy atom. The second-order valence-corrected chi connectivity index (χ2v) is 23.1. The average Bonchev–Trinajstić information content (AvgIpc) is 3.47. The van der Waals surface area contributed by atoms with Gasteiger partial charge >= 0.3 is 17.9 Å². The molecule has 6 heteroatoms. The van der Waals surface area contributed by atoms with E-state index in [0.29, 0.717) is 12.8 Å². The normalized spacial score (nSPS) is 12.8. The number of hydrogen-bond acceptors (Lipinski definition) is 6. The monoisotopic (exact) mass is 1140 g/mol. The zero-order valence-electron chi connectivity index (χ0n) is 54.0. The first kappa shape index (κ1) is 78.1. The van der Waals surface area contributed by atoms with E-state index in [1.165, 1.54) is 212 Å². The van der Waals surface area contributed by atoms with Gasteiger partial charge in [-0.25, -0.2) is 0 Å². The summed E-state index contributed by atoms with van der Waals surface area (Å²) in [6, 6.07) is 0. The van der Waals surface area contributed by atoms with Crippen molar-refractivity contribution in [2.75, 3.05) is 13.2 Å². The smallest absolute Gasteiger partial charge is 0.309 e. The fraction of sp³-hybridized carbons (Fsp3) is 0.724. The van der Waals surface area contributed by atoms with Crippen LogP contribution in [-0.4, -0.2) is 37.2 Å². The van der Waals surface area contributed by atoms with E-state index in [1.807, 2.05) is 6.08 Å². The van der Waals surface area contributed by atoms with Gasteiger partial charge in [0.15, 0.2) is 6.10 Å². The third kappa shape index (κ3) is 66.9. The van der Waals surface area contributed by atoms with Crippen LogP contribution in [0.1, 0.15) is 335 Å². The van der Waals surface area contributed by atoms with Crippen molar-refractivity contribution in [3.8, 4) is 0 Å². The van der Waals surface area contributed by atoms with E-state index in [-0.39, 0.29) is 31.6 Å². The molecule has 0 fully saturated rings. The van der Waals surface area contributed by atoms with Crippen molar-refractivity contribution in [3.05, 3.63) is 109 Å². The lowest BCUT2D eigenvalue weighted by Crippen LogP contribution is -2.30. The molecule has 0 saturated heterocycles. The Morgan fingerprint density at radius 2 is 0.524 bits per heavy atom. The number of ether oxygens (including phenoxy) is 3. The first-order valence-electron chi connectivity index (χ1n) is 34.9. The van der Waals surface area contributed by atoms with Gasteiger partial charge < -0.3 is 14.2 Å². The van der Waals surface area contributed by atoms with Gasteiger partial charge in [-0.15, -0.1) is 0 Å². The summed E-state index contributed by atoms with van der Waals surface area (Å²) in [5, 5.41) is 0. The highest BCUT2D eigenvalue weighted by atomic mass is 16.6. The van der Waals surface area contributed by atoms with Gasteiger partial charge in [0.1, 0.15) is 13.2 Å². The van der Waals surface area contributed by atoms with E-state index >= 15 is 0 Å². The number of unbranched alkanes of at least 4 members (excludes halogenated alkanes) is 35. The Kier molecular flexibility index (Phi) is 66.2. The lowest BCUT2D eigenvalue weighted by molar-refractivity contribution is -0.166. The summed E-state index contributed by atoms with van der Waals surface area (Å²) < 4.78 is 16.8. The highest BCUT2D eigenvalue weighted by Gasteiger charge is 2.19. The summed E-state index contributed by atoms with van der Waals surface area (Å²) in [4.78, 5) is 38.3. The highest BCUT2D eigenvalue weighted by Crippen LogP contribution is 2.17. The minimum Gasteiger partial charge on any atom is -0.462 e. The zero-order valence-corrected chi connectivity index (χ0v) is 54.0. The number of carbonyl (C=O) groups excluding carboxylic acids is 3. The molecule has 0 heterocycles. The standard InChI is InChI=1S/C76H130O6/c1-4-7-10-13-16-19-22-25-28-30-32-33-34-35-36-37-38-39-40-41-42-43-44-46-48-51-54-57-60-63-66-69-75(78)81-72-73(71-80-74(77)68-65-62-59-56-53-50-47-27-24-21-18-15-12-9-6-3)82-76(79)70-67-64-61-58-55-52-49-45-31-29-26-23-20-17-14-11-8-5-2/h9,12,18,21-22,25,27,29-32,34-35,47,53,56,62,65,73H,4-8,10-11,13-17,19-20,23-24,26,28,33,36-46,48-52,54-55,57-61,63-64,66-72H2,1-3H3/b12-9-,21-18-,25-22-,31-29-,32-30-,35-34-,47-27-,56-53-,65-62-. The first-order chi connectivity index (χ1) is 40.5. The van der Waals surface area contributed by atoms with Gasteiger partial charge in [-0.3, -0.25) is 14.4 Å². The van der Waals surface area contributed by atoms with Gasteiger partial charge in [-0.2, -0.15) is 0 Å². The van der Waals surface area contributed by atoms with Gasteiger partial charge in [0.2, 0.25) is 0 Å². The molecule has 0 saturated carbocycles. The van der Waals surface area contributed by atoms with Crippen LogP contribution in [0, 0.1) is 0 Å². The molecule has 82 heavy (non-hydrogen) atoms. The molecule has 0 aliphatic carbocycles. The SMILES string of the molecule is CC/C=C\C/C=C\C/C=C\C/C=C\C/C=C\CC(=O)OCC(COC(=O)CCCCCCCCCCCCCCCCCC/C=C\C/C=C\C/C=C\CCCCCCC)OC(=O)CCCCCCCCC/C=C\CCCCCCCCC. The van der Waals surface area contributed by atoms with Gasteiger partial charge in [0.05, 0.1) is 6.42 Å². The molecule has 0 aromatic heterocycles. The second kappa shape index (κ2) is 69.6. The molecule has 0 aliphatic heterocycles. The van der Waals surface area contributed by atoms with E-state index in [2.05, 4.69) is 118 Å². The topological polar surface area (TPSA) is 78.9 Å². The third-order valence-electron chi connectivity index (χ3n) is 15.0. The number of esters is 3. The number of hydrogen-bond donors (Lipinski definition) is 0. The van der Waals surface area contributed by atoms with Gasteiger partial charge in [0.25, 0.3) is 0 Å². The Bertz CT molecular complexity index is 1640. The van der Waals surface area contributed by atoms with Gasteiger partial charge in [0, 0.05) is 12.8 Å². The minimum atomic E-state index is -0.822. The van der Waals surface area contributed by atoms with E-state index < -0.39 is 12.1 Å². The van der Waals surface area contributed by atoms with Crippen LogP contribution in [0.3, 0.4) is 0 Å².